The number of rotatable bonds is 4. The zero-order valence-corrected chi connectivity index (χ0v) is 11.0. The van der Waals surface area contributed by atoms with Crippen LogP contribution < -0.4 is 11.1 Å². The van der Waals surface area contributed by atoms with Crippen LogP contribution in [0.4, 0.5) is 5.69 Å². The summed E-state index contributed by atoms with van der Waals surface area (Å²) in [4.78, 5) is 17.4. The van der Waals surface area contributed by atoms with Crippen LogP contribution in [0.15, 0.2) is 10.6 Å². The molecule has 7 heteroatoms. The average molecular weight is 266 g/mol. The predicted octanol–water partition coefficient (Wildman–Crippen LogP) is 1.30. The number of amides is 1. The van der Waals surface area contributed by atoms with E-state index in [1.165, 1.54) is 11.3 Å². The molecule has 2 aromatic rings. The molecule has 2 aromatic heterocycles. The van der Waals surface area contributed by atoms with E-state index in [2.05, 4.69) is 15.5 Å². The molecule has 6 nitrogen and oxygen atoms in total. The Kier molecular flexibility index (Phi) is 3.61. The van der Waals surface area contributed by atoms with Gasteiger partial charge in [0.1, 0.15) is 0 Å². The van der Waals surface area contributed by atoms with Crippen molar-refractivity contribution in [1.82, 2.24) is 15.5 Å². The number of nitrogens with one attached hydrogen (secondary N) is 1. The lowest BCUT2D eigenvalue weighted by molar-refractivity contribution is 0.0957. The molecular formula is C11H14N4O2S. The summed E-state index contributed by atoms with van der Waals surface area (Å²) in [7, 11) is 0. The van der Waals surface area contributed by atoms with E-state index < -0.39 is 0 Å². The van der Waals surface area contributed by atoms with Gasteiger partial charge in [0.15, 0.2) is 5.82 Å². The Bertz CT molecular complexity index is 542. The summed E-state index contributed by atoms with van der Waals surface area (Å²) in [5, 5.41) is 6.46. The minimum Gasteiger partial charge on any atom is -0.398 e. The van der Waals surface area contributed by atoms with Crippen LogP contribution in [0.3, 0.4) is 0 Å². The van der Waals surface area contributed by atoms with Gasteiger partial charge in [-0.25, -0.2) is 0 Å². The van der Waals surface area contributed by atoms with Crippen LogP contribution in [-0.4, -0.2) is 22.6 Å². The molecule has 96 valence electrons. The molecule has 0 atom stereocenters. The maximum atomic E-state index is 11.8. The van der Waals surface area contributed by atoms with Gasteiger partial charge in [-0.3, -0.25) is 4.79 Å². The first-order chi connectivity index (χ1) is 8.56. The number of thiophene rings is 1. The molecule has 2 rings (SSSR count). The third kappa shape index (κ3) is 2.86. The monoisotopic (exact) mass is 266 g/mol. The quantitative estimate of drug-likeness (QED) is 0.870. The number of hydrogen-bond donors (Lipinski definition) is 2. The lowest BCUT2D eigenvalue weighted by Gasteiger charge is -2.00. The smallest absolute Gasteiger partial charge is 0.261 e. The second-order valence-electron chi connectivity index (χ2n) is 3.86. The number of nitrogens with two attached hydrogens (primary N) is 1. The second-order valence-corrected chi connectivity index (χ2v) is 5.12. The highest BCUT2D eigenvalue weighted by atomic mass is 32.1. The number of hydrogen-bond acceptors (Lipinski definition) is 6. The molecule has 0 aromatic carbocycles. The summed E-state index contributed by atoms with van der Waals surface area (Å²) < 4.78 is 4.95. The van der Waals surface area contributed by atoms with E-state index in [0.717, 1.165) is 4.88 Å². The molecule has 0 saturated carbocycles. The first-order valence-electron chi connectivity index (χ1n) is 5.49. The Morgan fingerprint density at radius 2 is 2.33 bits per heavy atom. The van der Waals surface area contributed by atoms with Gasteiger partial charge in [-0.05, 0) is 19.9 Å². The Morgan fingerprint density at radius 1 is 1.56 bits per heavy atom. The van der Waals surface area contributed by atoms with Crippen molar-refractivity contribution in [2.24, 2.45) is 0 Å². The Hall–Kier alpha value is -1.89. The lowest BCUT2D eigenvalue weighted by Crippen LogP contribution is -2.24. The third-order valence-corrected chi connectivity index (χ3v) is 3.44. The molecular weight excluding hydrogens is 252 g/mol. The van der Waals surface area contributed by atoms with E-state index in [1.54, 1.807) is 13.0 Å². The number of carbonyl (C=O) groups excluding carboxylic acids is 1. The van der Waals surface area contributed by atoms with Crippen LogP contribution in [-0.2, 0) is 6.42 Å². The van der Waals surface area contributed by atoms with Crippen molar-refractivity contribution in [3.8, 4) is 0 Å². The zero-order chi connectivity index (χ0) is 13.1. The number of aryl methyl sites for hydroxylation is 2. The van der Waals surface area contributed by atoms with Gasteiger partial charge >= 0.3 is 0 Å². The van der Waals surface area contributed by atoms with Crippen molar-refractivity contribution in [3.05, 3.63) is 27.5 Å². The zero-order valence-electron chi connectivity index (χ0n) is 10.2. The summed E-state index contributed by atoms with van der Waals surface area (Å²) in [5.41, 5.74) is 6.35. The summed E-state index contributed by atoms with van der Waals surface area (Å²) in [5.74, 6) is 0.990. The van der Waals surface area contributed by atoms with Crippen LogP contribution in [0.1, 0.15) is 26.3 Å². The number of carbonyl (C=O) groups is 1. The maximum Gasteiger partial charge on any atom is 0.261 e. The average Bonchev–Trinajstić information content (AvgIpc) is 2.87. The van der Waals surface area contributed by atoms with Crippen LogP contribution in [0.5, 0.6) is 0 Å². The van der Waals surface area contributed by atoms with Gasteiger partial charge in [0.05, 0.1) is 4.88 Å². The Balaban J connectivity index is 1.85. The van der Waals surface area contributed by atoms with Gasteiger partial charge in [0.25, 0.3) is 5.91 Å². The minimum atomic E-state index is -0.129. The van der Waals surface area contributed by atoms with Crippen LogP contribution >= 0.6 is 11.3 Å². The normalized spacial score (nSPS) is 10.6. The van der Waals surface area contributed by atoms with Crippen molar-refractivity contribution >= 4 is 22.9 Å². The molecule has 1 amide bonds. The molecule has 3 N–H and O–H groups in total. The molecule has 0 spiro atoms. The van der Waals surface area contributed by atoms with Crippen molar-refractivity contribution in [3.63, 3.8) is 0 Å². The molecule has 18 heavy (non-hydrogen) atoms. The van der Waals surface area contributed by atoms with E-state index in [-0.39, 0.29) is 5.91 Å². The van der Waals surface area contributed by atoms with E-state index >= 15 is 0 Å². The second kappa shape index (κ2) is 5.18. The lowest BCUT2D eigenvalue weighted by atomic mass is 10.3. The first kappa shape index (κ1) is 12.6. The largest absolute Gasteiger partial charge is 0.398 e. The number of aromatic nitrogens is 2. The molecule has 0 saturated heterocycles. The van der Waals surface area contributed by atoms with E-state index in [0.29, 0.717) is 35.2 Å². The van der Waals surface area contributed by atoms with Crippen molar-refractivity contribution in [2.75, 3.05) is 12.3 Å². The molecule has 0 aliphatic rings. The number of nitrogens with zero attached hydrogens (tertiary/aromatic N) is 2. The van der Waals surface area contributed by atoms with Crippen molar-refractivity contribution < 1.29 is 9.32 Å². The number of nitrogen functional groups attached to an aromatic ring is 1. The standard InChI is InChI=1S/C11H14N4O2S/c1-6-8(12)5-9(18-6)11(16)13-4-3-10-14-7(2)15-17-10/h5H,3-4,12H2,1-2H3,(H,13,16). The summed E-state index contributed by atoms with van der Waals surface area (Å²) in [6, 6.07) is 1.69. The summed E-state index contributed by atoms with van der Waals surface area (Å²) >= 11 is 1.38. The molecule has 2 heterocycles. The summed E-state index contributed by atoms with van der Waals surface area (Å²) in [6.45, 7) is 4.10. The highest BCUT2D eigenvalue weighted by Gasteiger charge is 2.11. The van der Waals surface area contributed by atoms with Crippen LogP contribution in [0.25, 0.3) is 0 Å². The van der Waals surface area contributed by atoms with Gasteiger partial charge in [0.2, 0.25) is 5.89 Å². The Labute approximate surface area is 108 Å². The first-order valence-corrected chi connectivity index (χ1v) is 6.31. The minimum absolute atomic E-state index is 0.129. The fourth-order valence-electron chi connectivity index (χ4n) is 1.42. The fourth-order valence-corrected chi connectivity index (χ4v) is 2.28. The molecule has 0 aliphatic carbocycles. The van der Waals surface area contributed by atoms with Crippen molar-refractivity contribution in [1.29, 1.82) is 0 Å². The number of anilines is 1. The Morgan fingerprint density at radius 3 is 2.89 bits per heavy atom. The molecule has 0 radical (unpaired) electrons. The predicted molar refractivity (Wildman–Crippen MR) is 68.5 cm³/mol. The van der Waals surface area contributed by atoms with Crippen LogP contribution in [0, 0.1) is 13.8 Å². The fraction of sp³-hybridized carbons (Fsp3) is 0.364. The van der Waals surface area contributed by atoms with Gasteiger partial charge in [-0.1, -0.05) is 5.16 Å². The highest BCUT2D eigenvalue weighted by Crippen LogP contribution is 2.22. The topological polar surface area (TPSA) is 94.0 Å². The molecule has 0 fully saturated rings. The third-order valence-electron chi connectivity index (χ3n) is 2.37. The summed E-state index contributed by atoms with van der Waals surface area (Å²) in [6.07, 6.45) is 0.520. The van der Waals surface area contributed by atoms with Gasteiger partial charge in [-0.15, -0.1) is 11.3 Å². The molecule has 0 bridgehead atoms. The highest BCUT2D eigenvalue weighted by molar-refractivity contribution is 7.14. The SMILES string of the molecule is Cc1noc(CCNC(=O)c2cc(N)c(C)s2)n1. The molecule has 0 unspecified atom stereocenters. The maximum absolute atomic E-state index is 11.8. The van der Waals surface area contributed by atoms with Gasteiger partial charge in [-0.2, -0.15) is 4.98 Å². The van der Waals surface area contributed by atoms with Gasteiger partial charge in [0, 0.05) is 23.5 Å². The van der Waals surface area contributed by atoms with Crippen LogP contribution in [0.2, 0.25) is 0 Å². The van der Waals surface area contributed by atoms with E-state index in [9.17, 15) is 4.79 Å². The molecule has 0 aliphatic heterocycles. The van der Waals surface area contributed by atoms with Crippen molar-refractivity contribution in [2.45, 2.75) is 20.3 Å². The van der Waals surface area contributed by atoms with E-state index in [4.69, 9.17) is 10.3 Å². The van der Waals surface area contributed by atoms with Gasteiger partial charge < -0.3 is 15.6 Å². The van der Waals surface area contributed by atoms with E-state index in [1.807, 2.05) is 6.92 Å².